The Labute approximate surface area is 135 Å². The van der Waals surface area contributed by atoms with E-state index in [0.29, 0.717) is 6.04 Å². The smallest absolute Gasteiger partial charge is 0.134 e. The van der Waals surface area contributed by atoms with Crippen LogP contribution in [0.1, 0.15) is 32.6 Å². The van der Waals surface area contributed by atoms with E-state index in [9.17, 15) is 0 Å². The average molecular weight is 348 g/mol. The first-order valence-electron chi connectivity index (χ1n) is 7.81. The number of benzene rings is 2. The minimum absolute atomic E-state index is 0.170. The van der Waals surface area contributed by atoms with Gasteiger partial charge in [0, 0.05) is 12.6 Å². The largest absolute Gasteiger partial charge is 0.488 e. The first-order valence-corrected chi connectivity index (χ1v) is 8.60. The zero-order chi connectivity index (χ0) is 14.7. The lowest BCUT2D eigenvalue weighted by atomic mass is 10.1. The highest BCUT2D eigenvalue weighted by atomic mass is 79.9. The van der Waals surface area contributed by atoms with Crippen LogP contribution >= 0.6 is 15.9 Å². The summed E-state index contributed by atoms with van der Waals surface area (Å²) in [5.74, 6) is 0.925. The van der Waals surface area contributed by atoms with Crippen LogP contribution in [0.5, 0.6) is 5.75 Å². The molecule has 21 heavy (non-hydrogen) atoms. The van der Waals surface area contributed by atoms with E-state index < -0.39 is 0 Å². The van der Waals surface area contributed by atoms with Gasteiger partial charge in [0.1, 0.15) is 11.9 Å². The second-order valence-corrected chi connectivity index (χ2v) is 6.71. The Kier molecular flexibility index (Phi) is 4.81. The maximum atomic E-state index is 6.10. The fourth-order valence-corrected chi connectivity index (χ4v) is 3.61. The minimum atomic E-state index is 0.170. The van der Waals surface area contributed by atoms with Gasteiger partial charge in [0.05, 0.1) is 4.47 Å². The highest BCUT2D eigenvalue weighted by Gasteiger charge is 2.16. The van der Waals surface area contributed by atoms with Crippen molar-refractivity contribution in [3.05, 3.63) is 40.9 Å². The molecule has 1 N–H and O–H groups in total. The summed E-state index contributed by atoms with van der Waals surface area (Å²) >= 11 is 3.68. The molecule has 1 atom stereocenters. The Hall–Kier alpha value is -1.06. The van der Waals surface area contributed by atoms with E-state index in [-0.39, 0.29) is 6.10 Å². The van der Waals surface area contributed by atoms with Gasteiger partial charge in [0.25, 0.3) is 0 Å². The Bertz CT molecular complexity index is 607. The Morgan fingerprint density at radius 3 is 2.76 bits per heavy atom. The zero-order valence-electron chi connectivity index (χ0n) is 12.4. The highest BCUT2D eigenvalue weighted by molar-refractivity contribution is 9.10. The molecule has 2 nitrogen and oxygen atoms in total. The molecule has 3 rings (SSSR count). The zero-order valence-corrected chi connectivity index (χ0v) is 14.0. The van der Waals surface area contributed by atoms with Gasteiger partial charge in [-0.25, -0.2) is 0 Å². The molecule has 0 aliphatic heterocycles. The Balaban J connectivity index is 1.65. The van der Waals surface area contributed by atoms with Gasteiger partial charge < -0.3 is 10.1 Å². The molecule has 0 saturated heterocycles. The summed E-state index contributed by atoms with van der Waals surface area (Å²) in [6.45, 7) is 3.04. The van der Waals surface area contributed by atoms with E-state index in [1.807, 2.05) is 0 Å². The molecule has 2 aromatic carbocycles. The first kappa shape index (κ1) is 14.9. The van der Waals surface area contributed by atoms with Crippen LogP contribution < -0.4 is 10.1 Å². The van der Waals surface area contributed by atoms with Crippen molar-refractivity contribution in [3.63, 3.8) is 0 Å². The molecule has 1 fully saturated rings. The van der Waals surface area contributed by atoms with Crippen molar-refractivity contribution in [3.8, 4) is 5.75 Å². The summed E-state index contributed by atoms with van der Waals surface area (Å²) in [5.41, 5.74) is 0. The number of fused-ring (bicyclic) bond motifs is 1. The average Bonchev–Trinajstić information content (AvgIpc) is 3.02. The van der Waals surface area contributed by atoms with Gasteiger partial charge in [-0.15, -0.1) is 0 Å². The molecule has 0 heterocycles. The van der Waals surface area contributed by atoms with Gasteiger partial charge in [-0.2, -0.15) is 0 Å². The maximum Gasteiger partial charge on any atom is 0.134 e. The molecule has 0 aromatic heterocycles. The maximum absolute atomic E-state index is 6.10. The molecule has 0 amide bonds. The van der Waals surface area contributed by atoms with E-state index in [1.54, 1.807) is 0 Å². The molecular formula is C18H22BrNO. The van der Waals surface area contributed by atoms with Crippen LogP contribution in [0.4, 0.5) is 0 Å². The lowest BCUT2D eigenvalue weighted by Crippen LogP contribution is -2.35. The number of ether oxygens (including phenoxy) is 1. The second kappa shape index (κ2) is 6.80. The molecule has 1 saturated carbocycles. The van der Waals surface area contributed by atoms with Crippen molar-refractivity contribution in [1.29, 1.82) is 0 Å². The number of hydrogen-bond acceptors (Lipinski definition) is 2. The quantitative estimate of drug-likeness (QED) is 0.830. The number of hydrogen-bond donors (Lipinski definition) is 1. The molecule has 3 heteroatoms. The van der Waals surface area contributed by atoms with Crippen molar-refractivity contribution >= 4 is 26.7 Å². The third-order valence-electron chi connectivity index (χ3n) is 4.21. The third-order valence-corrected chi connectivity index (χ3v) is 5.02. The molecule has 112 valence electrons. The molecule has 1 aliphatic carbocycles. The predicted molar refractivity (Wildman–Crippen MR) is 92.0 cm³/mol. The summed E-state index contributed by atoms with van der Waals surface area (Å²) < 4.78 is 7.15. The summed E-state index contributed by atoms with van der Waals surface area (Å²) in [7, 11) is 0. The van der Waals surface area contributed by atoms with Crippen LogP contribution in [-0.2, 0) is 0 Å². The van der Waals surface area contributed by atoms with Gasteiger partial charge >= 0.3 is 0 Å². The molecule has 1 unspecified atom stereocenters. The molecule has 0 spiro atoms. The number of halogens is 1. The van der Waals surface area contributed by atoms with Gasteiger partial charge in [-0.3, -0.25) is 0 Å². The van der Waals surface area contributed by atoms with Crippen molar-refractivity contribution in [2.45, 2.75) is 44.8 Å². The van der Waals surface area contributed by atoms with E-state index >= 15 is 0 Å². The van der Waals surface area contributed by atoms with Crippen molar-refractivity contribution < 1.29 is 4.74 Å². The van der Waals surface area contributed by atoms with Crippen molar-refractivity contribution in [2.24, 2.45) is 0 Å². The predicted octanol–water partition coefficient (Wildman–Crippen LogP) is 4.90. The summed E-state index contributed by atoms with van der Waals surface area (Å²) in [4.78, 5) is 0. The Morgan fingerprint density at radius 2 is 1.95 bits per heavy atom. The lowest BCUT2D eigenvalue weighted by molar-refractivity contribution is 0.210. The van der Waals surface area contributed by atoms with Gasteiger partial charge in [-0.1, -0.05) is 43.2 Å². The van der Waals surface area contributed by atoms with E-state index in [1.165, 1.54) is 36.5 Å². The fourth-order valence-electron chi connectivity index (χ4n) is 3.03. The molecule has 2 aromatic rings. The van der Waals surface area contributed by atoms with Crippen LogP contribution in [0.15, 0.2) is 40.9 Å². The highest BCUT2D eigenvalue weighted by Crippen LogP contribution is 2.33. The minimum Gasteiger partial charge on any atom is -0.488 e. The summed E-state index contributed by atoms with van der Waals surface area (Å²) in [6.07, 6.45) is 5.52. The normalized spacial score (nSPS) is 17.2. The molecule has 1 aliphatic rings. The van der Waals surface area contributed by atoms with E-state index in [2.05, 4.69) is 64.6 Å². The summed E-state index contributed by atoms with van der Waals surface area (Å²) in [6, 6.07) is 13.2. The first-order chi connectivity index (χ1) is 10.2. The lowest BCUT2D eigenvalue weighted by Gasteiger charge is -2.19. The third kappa shape index (κ3) is 3.58. The molecular weight excluding hydrogens is 326 g/mol. The topological polar surface area (TPSA) is 21.3 Å². The summed E-state index contributed by atoms with van der Waals surface area (Å²) in [5, 5.41) is 6.05. The van der Waals surface area contributed by atoms with Crippen LogP contribution in [0.3, 0.4) is 0 Å². The monoisotopic (exact) mass is 347 g/mol. The molecule has 0 bridgehead atoms. The van der Waals surface area contributed by atoms with E-state index in [0.717, 1.165) is 16.8 Å². The van der Waals surface area contributed by atoms with Crippen LogP contribution in [0.25, 0.3) is 10.8 Å². The Morgan fingerprint density at radius 1 is 1.19 bits per heavy atom. The number of rotatable bonds is 5. The standard InChI is InChI=1S/C18H22BrNO/c1-13(12-20-15-7-3-4-8-15)21-17-11-10-14-6-2-5-9-16(14)18(17)19/h2,5-6,9-11,13,15,20H,3-4,7-8,12H2,1H3. The van der Waals surface area contributed by atoms with Crippen LogP contribution in [0.2, 0.25) is 0 Å². The van der Waals surface area contributed by atoms with Gasteiger partial charge in [-0.05, 0) is 52.5 Å². The van der Waals surface area contributed by atoms with Gasteiger partial charge in [0.15, 0.2) is 0 Å². The van der Waals surface area contributed by atoms with E-state index in [4.69, 9.17) is 4.74 Å². The number of nitrogens with one attached hydrogen (secondary N) is 1. The fraction of sp³-hybridized carbons (Fsp3) is 0.444. The van der Waals surface area contributed by atoms with Crippen molar-refractivity contribution in [2.75, 3.05) is 6.54 Å². The van der Waals surface area contributed by atoms with Crippen LogP contribution in [0, 0.1) is 0 Å². The second-order valence-electron chi connectivity index (χ2n) is 5.92. The molecule has 0 radical (unpaired) electrons. The van der Waals surface area contributed by atoms with Crippen LogP contribution in [-0.4, -0.2) is 18.7 Å². The van der Waals surface area contributed by atoms with Gasteiger partial charge in [0.2, 0.25) is 0 Å². The SMILES string of the molecule is CC(CNC1CCCC1)Oc1ccc2ccccc2c1Br. The van der Waals surface area contributed by atoms with Crippen molar-refractivity contribution in [1.82, 2.24) is 5.32 Å².